The quantitative estimate of drug-likeness (QED) is 0.370. The third-order valence-electron chi connectivity index (χ3n) is 3.05. The predicted molar refractivity (Wildman–Crippen MR) is 62.0 cm³/mol. The Morgan fingerprint density at radius 3 is 2.55 bits per heavy atom. The van der Waals surface area contributed by atoms with Crippen molar-refractivity contribution in [2.24, 2.45) is 0 Å². The molecule has 0 spiro atoms. The maximum atomic E-state index is 11.9. The Balaban J connectivity index is 2.47. The van der Waals surface area contributed by atoms with Gasteiger partial charge in [-0.3, -0.25) is 19.5 Å². The Morgan fingerprint density at radius 2 is 2.05 bits per heavy atom. The van der Waals surface area contributed by atoms with Gasteiger partial charge in [0.05, 0.1) is 11.5 Å². The van der Waals surface area contributed by atoms with E-state index in [1.165, 1.54) is 0 Å². The number of nitro groups is 1. The molecule has 0 aromatic carbocycles. The zero-order chi connectivity index (χ0) is 15.0. The van der Waals surface area contributed by atoms with Crippen LogP contribution >= 0.6 is 0 Å². The molecule has 0 aliphatic carbocycles. The molecule has 0 amide bonds. The van der Waals surface area contributed by atoms with Crippen LogP contribution in [0.3, 0.4) is 0 Å². The predicted octanol–water partition coefficient (Wildman–Crippen LogP) is -1.93. The van der Waals surface area contributed by atoms with Crippen molar-refractivity contribution in [3.05, 3.63) is 32.7 Å². The second kappa shape index (κ2) is 5.17. The summed E-state index contributed by atoms with van der Waals surface area (Å²) in [5.74, 6) is -0.817. The molecule has 1 fully saturated rings. The number of rotatable bonds is 3. The highest BCUT2D eigenvalue weighted by molar-refractivity contribution is 5.42. The van der Waals surface area contributed by atoms with E-state index in [0.29, 0.717) is 4.57 Å². The third-order valence-corrected chi connectivity index (χ3v) is 3.05. The summed E-state index contributed by atoms with van der Waals surface area (Å²) in [4.78, 5) is 21.5. The number of aliphatic hydroxyl groups excluding tert-OH is 3. The van der Waals surface area contributed by atoms with Gasteiger partial charge in [-0.1, -0.05) is 0 Å². The molecule has 1 aliphatic rings. The first-order valence-electron chi connectivity index (χ1n) is 5.59. The fourth-order valence-corrected chi connectivity index (χ4v) is 2.01. The van der Waals surface area contributed by atoms with Crippen molar-refractivity contribution in [2.45, 2.75) is 24.5 Å². The first kappa shape index (κ1) is 14.4. The molecule has 0 unspecified atom stereocenters. The molecule has 4 atom stereocenters. The SMILES string of the molecule is O=c1c([N+](=O)[O-])c(O)ccn1[C@@H]1O[C@H](CO)[C@@H](O)[C@H]1O. The molecule has 110 valence electrons. The average molecular weight is 288 g/mol. The molecule has 0 bridgehead atoms. The van der Waals surface area contributed by atoms with E-state index >= 15 is 0 Å². The molecular weight excluding hydrogens is 276 g/mol. The van der Waals surface area contributed by atoms with Gasteiger partial charge in [0.2, 0.25) is 5.75 Å². The molecular formula is C10H12N2O8. The molecule has 10 nitrogen and oxygen atoms in total. The number of nitrogens with zero attached hydrogens (tertiary/aromatic N) is 2. The zero-order valence-corrected chi connectivity index (χ0v) is 9.99. The normalized spacial score (nSPS) is 29.6. The fraction of sp³-hybridized carbons (Fsp3) is 0.500. The summed E-state index contributed by atoms with van der Waals surface area (Å²) in [5.41, 5.74) is -2.25. The maximum Gasteiger partial charge on any atom is 0.375 e. The van der Waals surface area contributed by atoms with Gasteiger partial charge in [0.25, 0.3) is 0 Å². The first-order valence-corrected chi connectivity index (χ1v) is 5.59. The van der Waals surface area contributed by atoms with Crippen LogP contribution in [0, 0.1) is 10.1 Å². The van der Waals surface area contributed by atoms with E-state index in [1.807, 2.05) is 0 Å². The number of ether oxygens (including phenoxy) is 1. The minimum atomic E-state index is -1.55. The van der Waals surface area contributed by atoms with Gasteiger partial charge in [-0.2, -0.15) is 0 Å². The molecule has 20 heavy (non-hydrogen) atoms. The molecule has 0 saturated carbocycles. The van der Waals surface area contributed by atoms with Crippen LogP contribution in [0.2, 0.25) is 0 Å². The van der Waals surface area contributed by atoms with Gasteiger partial charge in [0.15, 0.2) is 6.23 Å². The largest absolute Gasteiger partial charge is 0.502 e. The highest BCUT2D eigenvalue weighted by Crippen LogP contribution is 2.30. The Kier molecular flexibility index (Phi) is 3.72. The van der Waals surface area contributed by atoms with Crippen LogP contribution in [-0.2, 0) is 4.74 Å². The van der Waals surface area contributed by atoms with Crippen molar-refractivity contribution in [1.82, 2.24) is 4.57 Å². The molecule has 1 aliphatic heterocycles. The lowest BCUT2D eigenvalue weighted by atomic mass is 10.1. The third kappa shape index (κ3) is 2.14. The maximum absolute atomic E-state index is 11.9. The molecule has 10 heteroatoms. The summed E-state index contributed by atoms with van der Waals surface area (Å²) in [5, 5.41) is 48.3. The van der Waals surface area contributed by atoms with Crippen molar-refractivity contribution in [1.29, 1.82) is 0 Å². The highest BCUT2D eigenvalue weighted by atomic mass is 16.6. The Labute approximate surface area is 111 Å². The number of hydrogen-bond donors (Lipinski definition) is 4. The molecule has 0 radical (unpaired) electrons. The van der Waals surface area contributed by atoms with Gasteiger partial charge in [-0.25, -0.2) is 0 Å². The summed E-state index contributed by atoms with van der Waals surface area (Å²) in [6, 6.07) is 0.897. The number of aliphatic hydroxyl groups is 3. The number of aromatic hydroxyl groups is 1. The number of aromatic nitrogens is 1. The van der Waals surface area contributed by atoms with Gasteiger partial charge in [-0.05, 0) is 0 Å². The minimum Gasteiger partial charge on any atom is -0.502 e. The van der Waals surface area contributed by atoms with E-state index in [9.17, 15) is 30.2 Å². The van der Waals surface area contributed by atoms with Crippen LogP contribution in [0.1, 0.15) is 6.23 Å². The summed E-state index contributed by atoms with van der Waals surface area (Å²) in [6.45, 7) is -0.594. The second-order valence-electron chi connectivity index (χ2n) is 4.25. The summed E-state index contributed by atoms with van der Waals surface area (Å²) in [7, 11) is 0. The van der Waals surface area contributed by atoms with Gasteiger partial charge >= 0.3 is 11.2 Å². The van der Waals surface area contributed by atoms with E-state index in [4.69, 9.17) is 9.84 Å². The second-order valence-corrected chi connectivity index (χ2v) is 4.25. The molecule has 2 rings (SSSR count). The summed E-state index contributed by atoms with van der Waals surface area (Å²) >= 11 is 0. The summed E-state index contributed by atoms with van der Waals surface area (Å²) < 4.78 is 5.77. The van der Waals surface area contributed by atoms with Gasteiger partial charge in [0, 0.05) is 12.3 Å². The van der Waals surface area contributed by atoms with Crippen LogP contribution in [0.25, 0.3) is 0 Å². The molecule has 4 N–H and O–H groups in total. The van der Waals surface area contributed by atoms with Gasteiger partial charge in [-0.15, -0.1) is 0 Å². The topological polar surface area (TPSA) is 155 Å². The van der Waals surface area contributed by atoms with Crippen molar-refractivity contribution in [2.75, 3.05) is 6.61 Å². The van der Waals surface area contributed by atoms with E-state index in [-0.39, 0.29) is 0 Å². The minimum absolute atomic E-state index is 0.594. The number of pyridine rings is 1. The van der Waals surface area contributed by atoms with Crippen LogP contribution in [0.15, 0.2) is 17.1 Å². The molecule has 2 heterocycles. The van der Waals surface area contributed by atoms with Crippen LogP contribution in [0.4, 0.5) is 5.69 Å². The van der Waals surface area contributed by atoms with E-state index in [2.05, 4.69) is 0 Å². The fourth-order valence-electron chi connectivity index (χ4n) is 2.01. The van der Waals surface area contributed by atoms with Gasteiger partial charge < -0.3 is 25.2 Å². The monoisotopic (exact) mass is 288 g/mol. The number of hydrogen-bond acceptors (Lipinski definition) is 8. The van der Waals surface area contributed by atoms with Gasteiger partial charge in [0.1, 0.15) is 18.3 Å². The van der Waals surface area contributed by atoms with Crippen LogP contribution in [0.5, 0.6) is 5.75 Å². The lowest BCUT2D eigenvalue weighted by Gasteiger charge is -2.17. The molecule has 1 aromatic rings. The average Bonchev–Trinajstić information content (AvgIpc) is 2.66. The van der Waals surface area contributed by atoms with Crippen molar-refractivity contribution in [3.63, 3.8) is 0 Å². The van der Waals surface area contributed by atoms with E-state index < -0.39 is 53.1 Å². The van der Waals surface area contributed by atoms with E-state index in [0.717, 1.165) is 12.3 Å². The molecule has 1 aromatic heterocycles. The Bertz CT molecular complexity index is 585. The van der Waals surface area contributed by atoms with E-state index in [1.54, 1.807) is 0 Å². The first-order chi connectivity index (χ1) is 9.38. The van der Waals surface area contributed by atoms with Crippen LogP contribution < -0.4 is 5.56 Å². The molecule has 1 saturated heterocycles. The lowest BCUT2D eigenvalue weighted by Crippen LogP contribution is -2.35. The highest BCUT2D eigenvalue weighted by Gasteiger charge is 2.44. The van der Waals surface area contributed by atoms with Crippen LogP contribution in [-0.4, -0.2) is 54.8 Å². The van der Waals surface area contributed by atoms with Crippen molar-refractivity contribution in [3.8, 4) is 5.75 Å². The smallest absolute Gasteiger partial charge is 0.375 e. The Hall–Kier alpha value is -2.01. The van der Waals surface area contributed by atoms with Crippen molar-refractivity contribution >= 4 is 5.69 Å². The standard InChI is InChI=1S/C10H12N2O8/c13-3-5-7(15)8(16)10(20-5)11-2-1-4(14)6(9(11)17)12(18)19/h1-2,5,7-8,10,13-16H,3H2/t5-,7-,8-,10-/m1/s1. The zero-order valence-electron chi connectivity index (χ0n) is 9.99. The lowest BCUT2D eigenvalue weighted by molar-refractivity contribution is -0.387. The summed E-state index contributed by atoms with van der Waals surface area (Å²) in [6.07, 6.45) is -4.51. The van der Waals surface area contributed by atoms with Crippen molar-refractivity contribution < 1.29 is 30.1 Å². The Morgan fingerprint density at radius 1 is 1.40 bits per heavy atom.